The topological polar surface area (TPSA) is 79.1 Å². The van der Waals surface area contributed by atoms with Crippen LogP contribution in [0.25, 0.3) is 6.08 Å². The first-order valence-electron chi connectivity index (χ1n) is 11.0. The fourth-order valence-corrected chi connectivity index (χ4v) is 4.92. The van der Waals surface area contributed by atoms with Crippen LogP contribution >= 0.6 is 11.3 Å². The molecule has 0 N–H and O–H groups in total. The number of rotatable bonds is 7. The molecule has 7 nitrogen and oxygen atoms in total. The molecule has 0 spiro atoms. The number of benzene rings is 2. The Morgan fingerprint density at radius 2 is 1.97 bits per heavy atom. The summed E-state index contributed by atoms with van der Waals surface area (Å²) in [5.74, 6) is 3.19. The number of para-hydroxylation sites is 1. The summed E-state index contributed by atoms with van der Waals surface area (Å²) in [5, 5.41) is 0. The fourth-order valence-electron chi connectivity index (χ4n) is 3.88. The molecule has 1 aliphatic rings. The molecular weight excluding hydrogens is 464 g/mol. The number of terminal acetylenes is 1. The minimum absolute atomic E-state index is 0.117. The Kier molecular flexibility index (Phi) is 7.18. The molecule has 3 aromatic rings. The molecule has 0 saturated heterocycles. The summed E-state index contributed by atoms with van der Waals surface area (Å²) >= 11 is 1.25. The van der Waals surface area contributed by atoms with Crippen LogP contribution in [0.1, 0.15) is 31.0 Å². The number of carbonyl (C=O) groups is 1. The number of carbonyl (C=O) groups excluding carboxylic acids is 1. The molecule has 0 fully saturated rings. The summed E-state index contributed by atoms with van der Waals surface area (Å²) in [7, 11) is 1.58. The van der Waals surface area contributed by atoms with E-state index in [1.165, 1.54) is 11.3 Å². The van der Waals surface area contributed by atoms with Crippen molar-refractivity contribution in [1.82, 2.24) is 4.57 Å². The smallest absolute Gasteiger partial charge is 0.338 e. The van der Waals surface area contributed by atoms with Crippen LogP contribution in [-0.2, 0) is 9.53 Å². The van der Waals surface area contributed by atoms with Gasteiger partial charge >= 0.3 is 5.97 Å². The number of thiazole rings is 1. The third-order valence-corrected chi connectivity index (χ3v) is 6.45. The van der Waals surface area contributed by atoms with Crippen molar-refractivity contribution in [3.63, 3.8) is 0 Å². The van der Waals surface area contributed by atoms with E-state index < -0.39 is 12.0 Å². The van der Waals surface area contributed by atoms with Crippen molar-refractivity contribution in [2.45, 2.75) is 19.9 Å². The minimum Gasteiger partial charge on any atom is -0.497 e. The van der Waals surface area contributed by atoms with E-state index in [1.54, 1.807) is 49.8 Å². The summed E-state index contributed by atoms with van der Waals surface area (Å²) in [6.07, 6.45) is 7.08. The summed E-state index contributed by atoms with van der Waals surface area (Å²) < 4.78 is 18.2. The highest BCUT2D eigenvalue weighted by molar-refractivity contribution is 7.07. The van der Waals surface area contributed by atoms with Gasteiger partial charge in [0.25, 0.3) is 5.56 Å². The molecule has 0 bridgehead atoms. The van der Waals surface area contributed by atoms with Crippen molar-refractivity contribution < 1.29 is 19.0 Å². The van der Waals surface area contributed by atoms with Crippen molar-refractivity contribution in [2.24, 2.45) is 4.99 Å². The minimum atomic E-state index is -0.689. The standard InChI is InChI=1S/C27H24N2O5S/c1-5-15-34-21-10-8-7-9-19(21)16-22-25(30)29-24(18-11-13-20(32-4)14-12-18)23(26(31)33-6-2)17(3)28-27(29)35-22/h1,7-14,16,24H,6,15H2,2-4H3/b22-16-/t24-/m0/s1. The highest BCUT2D eigenvalue weighted by Crippen LogP contribution is 2.31. The molecule has 0 unspecified atom stereocenters. The van der Waals surface area contributed by atoms with Crippen molar-refractivity contribution in [3.05, 3.63) is 90.6 Å². The van der Waals surface area contributed by atoms with Gasteiger partial charge in [-0.05, 0) is 43.7 Å². The van der Waals surface area contributed by atoms with Gasteiger partial charge in [-0.15, -0.1) is 6.42 Å². The van der Waals surface area contributed by atoms with Gasteiger partial charge in [0.05, 0.1) is 35.6 Å². The number of ether oxygens (including phenoxy) is 3. The lowest BCUT2D eigenvalue weighted by Gasteiger charge is -2.24. The second-order valence-electron chi connectivity index (χ2n) is 7.61. The fraction of sp³-hybridized carbons (Fsp3) is 0.222. The number of esters is 1. The van der Waals surface area contributed by atoms with Crippen molar-refractivity contribution in [3.8, 4) is 23.8 Å². The molecule has 35 heavy (non-hydrogen) atoms. The summed E-state index contributed by atoms with van der Waals surface area (Å²) in [6.45, 7) is 3.82. The van der Waals surface area contributed by atoms with E-state index in [0.717, 1.165) is 11.1 Å². The first-order valence-corrected chi connectivity index (χ1v) is 11.8. The van der Waals surface area contributed by atoms with Gasteiger partial charge in [0.2, 0.25) is 0 Å². The summed E-state index contributed by atoms with van der Waals surface area (Å²) in [4.78, 5) is 31.7. The quantitative estimate of drug-likeness (QED) is 0.378. The molecule has 0 radical (unpaired) electrons. The maximum Gasteiger partial charge on any atom is 0.338 e. The van der Waals surface area contributed by atoms with Crippen LogP contribution in [0.2, 0.25) is 0 Å². The number of hydrogen-bond acceptors (Lipinski definition) is 7. The highest BCUT2D eigenvalue weighted by Gasteiger charge is 2.33. The van der Waals surface area contributed by atoms with Crippen LogP contribution in [0, 0.1) is 12.3 Å². The average Bonchev–Trinajstić information content (AvgIpc) is 3.17. The number of methoxy groups -OCH3 is 1. The van der Waals surface area contributed by atoms with E-state index in [2.05, 4.69) is 10.9 Å². The Balaban J connectivity index is 1.92. The first kappa shape index (κ1) is 24.0. The van der Waals surface area contributed by atoms with Gasteiger partial charge in [0.1, 0.15) is 18.1 Å². The maximum atomic E-state index is 13.7. The molecular formula is C27H24N2O5S. The Morgan fingerprint density at radius 3 is 2.66 bits per heavy atom. The summed E-state index contributed by atoms with van der Waals surface area (Å²) in [5.41, 5.74) is 2.03. The van der Waals surface area contributed by atoms with E-state index in [-0.39, 0.29) is 18.8 Å². The zero-order valence-electron chi connectivity index (χ0n) is 19.6. The third-order valence-electron chi connectivity index (χ3n) is 5.47. The molecule has 0 saturated carbocycles. The number of hydrogen-bond donors (Lipinski definition) is 0. The van der Waals surface area contributed by atoms with Gasteiger partial charge in [0.15, 0.2) is 4.80 Å². The van der Waals surface area contributed by atoms with E-state index in [9.17, 15) is 9.59 Å². The van der Waals surface area contributed by atoms with Crippen LogP contribution < -0.4 is 24.4 Å². The molecule has 2 heterocycles. The van der Waals surface area contributed by atoms with Crippen molar-refractivity contribution in [1.29, 1.82) is 0 Å². The lowest BCUT2D eigenvalue weighted by atomic mass is 9.96. The monoisotopic (exact) mass is 488 g/mol. The maximum absolute atomic E-state index is 13.7. The van der Waals surface area contributed by atoms with Gasteiger partial charge in [-0.2, -0.15) is 0 Å². The highest BCUT2D eigenvalue weighted by atomic mass is 32.1. The molecule has 0 amide bonds. The molecule has 1 atom stereocenters. The molecule has 2 aromatic carbocycles. The SMILES string of the molecule is C#CCOc1ccccc1/C=c1\sc2n(c1=O)[C@@H](c1ccc(OC)cc1)C(C(=O)OCC)=C(C)N=2. The third kappa shape index (κ3) is 4.77. The average molecular weight is 489 g/mol. The predicted octanol–water partition coefficient (Wildman–Crippen LogP) is 2.82. The molecule has 1 aromatic heterocycles. The Morgan fingerprint density at radius 1 is 1.23 bits per heavy atom. The van der Waals surface area contributed by atoms with E-state index in [1.807, 2.05) is 30.3 Å². The normalized spacial score (nSPS) is 15.1. The van der Waals surface area contributed by atoms with Crippen molar-refractivity contribution >= 4 is 23.4 Å². The lowest BCUT2D eigenvalue weighted by Crippen LogP contribution is -2.39. The van der Waals surface area contributed by atoms with Gasteiger partial charge in [-0.1, -0.05) is 47.6 Å². The molecule has 4 rings (SSSR count). The Labute approximate surface area is 206 Å². The number of aromatic nitrogens is 1. The van der Waals surface area contributed by atoms with Crippen molar-refractivity contribution in [2.75, 3.05) is 20.3 Å². The lowest BCUT2D eigenvalue weighted by molar-refractivity contribution is -0.139. The number of allylic oxidation sites excluding steroid dienone is 1. The van der Waals surface area contributed by atoms with Gasteiger partial charge in [0, 0.05) is 5.56 Å². The van der Waals surface area contributed by atoms with Gasteiger partial charge in [-0.3, -0.25) is 9.36 Å². The Hall–Kier alpha value is -4.09. The van der Waals surface area contributed by atoms with E-state index in [4.69, 9.17) is 20.6 Å². The summed E-state index contributed by atoms with van der Waals surface area (Å²) in [6, 6.07) is 13.9. The van der Waals surface area contributed by atoms with Crippen LogP contribution in [-0.4, -0.2) is 30.9 Å². The second kappa shape index (κ2) is 10.5. The predicted molar refractivity (Wildman–Crippen MR) is 134 cm³/mol. The zero-order valence-corrected chi connectivity index (χ0v) is 20.4. The first-order chi connectivity index (χ1) is 17.0. The number of fused-ring (bicyclic) bond motifs is 1. The molecule has 178 valence electrons. The molecule has 1 aliphatic heterocycles. The van der Waals surface area contributed by atoms with E-state index >= 15 is 0 Å². The zero-order chi connectivity index (χ0) is 24.9. The van der Waals surface area contributed by atoms with Gasteiger partial charge < -0.3 is 14.2 Å². The van der Waals surface area contributed by atoms with Gasteiger partial charge in [-0.25, -0.2) is 9.79 Å². The van der Waals surface area contributed by atoms with Crippen LogP contribution in [0.5, 0.6) is 11.5 Å². The molecule has 8 heteroatoms. The van der Waals surface area contributed by atoms with Crippen LogP contribution in [0.15, 0.2) is 69.6 Å². The molecule has 0 aliphatic carbocycles. The van der Waals surface area contributed by atoms with Crippen LogP contribution in [0.3, 0.4) is 0 Å². The van der Waals surface area contributed by atoms with E-state index in [0.29, 0.717) is 32.1 Å². The largest absolute Gasteiger partial charge is 0.497 e. The van der Waals surface area contributed by atoms with Crippen LogP contribution in [0.4, 0.5) is 0 Å². The number of nitrogens with zero attached hydrogens (tertiary/aromatic N) is 2. The second-order valence-corrected chi connectivity index (χ2v) is 8.62. The Bertz CT molecular complexity index is 1510.